The summed E-state index contributed by atoms with van der Waals surface area (Å²) in [6.45, 7) is 3.41. The van der Waals surface area contributed by atoms with Crippen molar-refractivity contribution in [2.45, 2.75) is 6.54 Å². The molecule has 0 aliphatic carbocycles. The maximum atomic E-state index is 13.7. The number of hydrogen-bond donors (Lipinski definition) is 2. The zero-order valence-corrected chi connectivity index (χ0v) is 10.2. The minimum atomic E-state index is -0.892. The summed E-state index contributed by atoms with van der Waals surface area (Å²) in [5.74, 6) is -2.39. The van der Waals surface area contributed by atoms with Crippen LogP contribution in [0.25, 0.3) is 0 Å². The van der Waals surface area contributed by atoms with Crippen LogP contribution in [0.5, 0.6) is 11.5 Å². The van der Waals surface area contributed by atoms with Gasteiger partial charge in [0.15, 0.2) is 17.3 Å². The predicted molar refractivity (Wildman–Crippen MR) is 62.7 cm³/mol. The molecule has 1 fully saturated rings. The molecule has 0 bridgehead atoms. The van der Waals surface area contributed by atoms with E-state index in [0.717, 1.165) is 32.2 Å². The Morgan fingerprint density at radius 2 is 2.00 bits per heavy atom. The van der Waals surface area contributed by atoms with Gasteiger partial charge in [-0.05, 0) is 0 Å². The molecular formula is C12H16F2N2O2. The van der Waals surface area contributed by atoms with E-state index in [0.29, 0.717) is 0 Å². The van der Waals surface area contributed by atoms with Crippen molar-refractivity contribution in [3.63, 3.8) is 0 Å². The molecule has 1 aliphatic rings. The number of aromatic hydroxyl groups is 1. The quantitative estimate of drug-likeness (QED) is 0.851. The predicted octanol–water partition coefficient (Wildman–Crippen LogP) is 1.08. The van der Waals surface area contributed by atoms with Gasteiger partial charge < -0.3 is 15.2 Å². The molecule has 1 aromatic carbocycles. The average molecular weight is 258 g/mol. The first-order chi connectivity index (χ1) is 8.63. The molecule has 0 radical (unpaired) electrons. The standard InChI is InChI=1S/C12H16F2N2O2/c1-18-12-10(14)6-9(13)8(11(12)17)7-16-4-2-15-3-5-16/h6,15,17H,2-5,7H2,1H3. The lowest BCUT2D eigenvalue weighted by molar-refractivity contribution is 0.225. The number of piperazine rings is 1. The Labute approximate surface area is 104 Å². The molecule has 1 aromatic rings. The summed E-state index contributed by atoms with van der Waals surface area (Å²) in [6, 6.07) is 0.746. The van der Waals surface area contributed by atoms with Gasteiger partial charge in [-0.3, -0.25) is 4.90 Å². The summed E-state index contributed by atoms with van der Waals surface area (Å²) in [5.41, 5.74) is 0.0788. The van der Waals surface area contributed by atoms with Crippen molar-refractivity contribution in [1.29, 1.82) is 0 Å². The van der Waals surface area contributed by atoms with E-state index in [2.05, 4.69) is 5.32 Å². The molecular weight excluding hydrogens is 242 g/mol. The number of phenolic OH excluding ortho intramolecular Hbond substituents is 1. The van der Waals surface area contributed by atoms with Crippen molar-refractivity contribution < 1.29 is 18.6 Å². The Balaban J connectivity index is 2.26. The van der Waals surface area contributed by atoms with E-state index < -0.39 is 17.4 Å². The number of phenols is 1. The van der Waals surface area contributed by atoms with Crippen LogP contribution in [0.1, 0.15) is 5.56 Å². The number of rotatable bonds is 3. The zero-order chi connectivity index (χ0) is 13.1. The van der Waals surface area contributed by atoms with Crippen LogP contribution in [0.2, 0.25) is 0 Å². The summed E-state index contributed by atoms with van der Waals surface area (Å²) >= 11 is 0. The second kappa shape index (κ2) is 5.49. The number of benzene rings is 1. The van der Waals surface area contributed by atoms with Crippen LogP contribution in [0.15, 0.2) is 6.07 Å². The second-order valence-electron chi connectivity index (χ2n) is 4.23. The van der Waals surface area contributed by atoms with E-state index >= 15 is 0 Å². The molecule has 4 nitrogen and oxygen atoms in total. The lowest BCUT2D eigenvalue weighted by atomic mass is 10.1. The van der Waals surface area contributed by atoms with E-state index in [4.69, 9.17) is 4.74 Å². The average Bonchev–Trinajstić information content (AvgIpc) is 2.36. The SMILES string of the molecule is COc1c(F)cc(F)c(CN2CCNCC2)c1O. The molecule has 2 N–H and O–H groups in total. The second-order valence-corrected chi connectivity index (χ2v) is 4.23. The first-order valence-corrected chi connectivity index (χ1v) is 5.80. The molecule has 0 aromatic heterocycles. The molecule has 100 valence electrons. The normalized spacial score (nSPS) is 16.8. The van der Waals surface area contributed by atoms with Gasteiger partial charge in [0.05, 0.1) is 7.11 Å². The van der Waals surface area contributed by atoms with E-state index in [9.17, 15) is 13.9 Å². The van der Waals surface area contributed by atoms with Crippen LogP contribution in [-0.2, 0) is 6.54 Å². The van der Waals surface area contributed by atoms with Crippen molar-refractivity contribution in [3.05, 3.63) is 23.3 Å². The van der Waals surface area contributed by atoms with E-state index in [1.165, 1.54) is 7.11 Å². The maximum absolute atomic E-state index is 13.7. The van der Waals surface area contributed by atoms with Gasteiger partial charge >= 0.3 is 0 Å². The number of nitrogens with one attached hydrogen (secondary N) is 1. The third-order valence-corrected chi connectivity index (χ3v) is 3.06. The lowest BCUT2D eigenvalue weighted by Gasteiger charge is -2.27. The van der Waals surface area contributed by atoms with Crippen LogP contribution in [0.4, 0.5) is 8.78 Å². The Bertz CT molecular complexity index is 435. The van der Waals surface area contributed by atoms with Crippen molar-refractivity contribution in [2.24, 2.45) is 0 Å². The number of hydrogen-bond acceptors (Lipinski definition) is 4. The van der Waals surface area contributed by atoms with Crippen LogP contribution >= 0.6 is 0 Å². The van der Waals surface area contributed by atoms with Crippen LogP contribution in [0, 0.1) is 11.6 Å². The number of methoxy groups -OCH3 is 1. The highest BCUT2D eigenvalue weighted by Crippen LogP contribution is 2.35. The monoisotopic (exact) mass is 258 g/mol. The van der Waals surface area contributed by atoms with Crippen molar-refractivity contribution in [1.82, 2.24) is 10.2 Å². The summed E-state index contributed by atoms with van der Waals surface area (Å²) in [6.07, 6.45) is 0. The Morgan fingerprint density at radius 3 is 2.61 bits per heavy atom. The molecule has 1 heterocycles. The van der Waals surface area contributed by atoms with Gasteiger partial charge in [-0.15, -0.1) is 0 Å². The fourth-order valence-corrected chi connectivity index (χ4v) is 2.06. The summed E-state index contributed by atoms with van der Waals surface area (Å²) in [5, 5.41) is 13.0. The van der Waals surface area contributed by atoms with Gasteiger partial charge in [0, 0.05) is 44.4 Å². The Hall–Kier alpha value is -1.40. The maximum Gasteiger partial charge on any atom is 0.197 e. The van der Waals surface area contributed by atoms with Crippen LogP contribution in [-0.4, -0.2) is 43.3 Å². The van der Waals surface area contributed by atoms with Crippen molar-refractivity contribution >= 4 is 0 Å². The van der Waals surface area contributed by atoms with Crippen LogP contribution in [0.3, 0.4) is 0 Å². The smallest absolute Gasteiger partial charge is 0.197 e. The van der Waals surface area contributed by atoms with E-state index in [-0.39, 0.29) is 17.9 Å². The fourth-order valence-electron chi connectivity index (χ4n) is 2.06. The molecule has 0 spiro atoms. The molecule has 18 heavy (non-hydrogen) atoms. The lowest BCUT2D eigenvalue weighted by Crippen LogP contribution is -2.43. The van der Waals surface area contributed by atoms with Crippen molar-refractivity contribution in [2.75, 3.05) is 33.3 Å². The molecule has 2 rings (SSSR count). The molecule has 0 saturated carbocycles. The highest BCUT2D eigenvalue weighted by molar-refractivity contribution is 5.47. The first-order valence-electron chi connectivity index (χ1n) is 5.80. The van der Waals surface area contributed by atoms with Gasteiger partial charge in [0.25, 0.3) is 0 Å². The number of halogens is 2. The topological polar surface area (TPSA) is 44.7 Å². The molecule has 1 aliphatic heterocycles. The molecule has 0 amide bonds. The van der Waals surface area contributed by atoms with Gasteiger partial charge in [0.1, 0.15) is 5.82 Å². The van der Waals surface area contributed by atoms with E-state index in [1.54, 1.807) is 0 Å². The summed E-state index contributed by atoms with van der Waals surface area (Å²) in [4.78, 5) is 1.99. The van der Waals surface area contributed by atoms with Crippen LogP contribution < -0.4 is 10.1 Å². The minimum absolute atomic E-state index is 0.0788. The Morgan fingerprint density at radius 1 is 1.33 bits per heavy atom. The highest BCUT2D eigenvalue weighted by atomic mass is 19.1. The molecule has 6 heteroatoms. The number of ether oxygens (including phenoxy) is 1. The molecule has 0 atom stereocenters. The molecule has 0 unspecified atom stereocenters. The van der Waals surface area contributed by atoms with Crippen molar-refractivity contribution in [3.8, 4) is 11.5 Å². The minimum Gasteiger partial charge on any atom is -0.504 e. The largest absolute Gasteiger partial charge is 0.504 e. The summed E-state index contributed by atoms with van der Waals surface area (Å²) in [7, 11) is 1.24. The van der Waals surface area contributed by atoms with Gasteiger partial charge in [-0.25, -0.2) is 8.78 Å². The third-order valence-electron chi connectivity index (χ3n) is 3.06. The third kappa shape index (κ3) is 2.54. The Kier molecular flexibility index (Phi) is 3.98. The fraction of sp³-hybridized carbons (Fsp3) is 0.500. The van der Waals surface area contributed by atoms with E-state index in [1.807, 2.05) is 4.90 Å². The van der Waals surface area contributed by atoms with Gasteiger partial charge in [0.2, 0.25) is 0 Å². The zero-order valence-electron chi connectivity index (χ0n) is 10.2. The number of nitrogens with zero attached hydrogens (tertiary/aromatic N) is 1. The highest BCUT2D eigenvalue weighted by Gasteiger charge is 2.21. The summed E-state index contributed by atoms with van der Waals surface area (Å²) < 4.78 is 31.7. The van der Waals surface area contributed by atoms with Gasteiger partial charge in [-0.2, -0.15) is 0 Å². The molecule has 1 saturated heterocycles. The first kappa shape index (κ1) is 13.0. The van der Waals surface area contributed by atoms with Gasteiger partial charge in [-0.1, -0.05) is 0 Å².